The Kier molecular flexibility index (Phi) is 4.32. The number of aliphatic hydroxyl groups excluding tert-OH is 1. The van der Waals surface area contributed by atoms with E-state index in [2.05, 4.69) is 0 Å². The summed E-state index contributed by atoms with van der Waals surface area (Å²) in [5, 5.41) is 8.61. The van der Waals surface area contributed by atoms with Crippen LogP contribution in [0.15, 0.2) is 0 Å². The molecule has 9 heavy (non-hydrogen) atoms. The molecule has 2 nitrogen and oxygen atoms in total. The fourth-order valence-corrected chi connectivity index (χ4v) is 0.747. The topological polar surface area (TPSA) is 37.3 Å². The normalized spacial score (nSPS) is 13.2. The van der Waals surface area contributed by atoms with Crippen molar-refractivity contribution in [3.63, 3.8) is 0 Å². The van der Waals surface area contributed by atoms with Gasteiger partial charge < -0.3 is 5.11 Å². The molecule has 0 aromatic carbocycles. The summed E-state index contributed by atoms with van der Waals surface area (Å²) in [7, 11) is 0. The lowest BCUT2D eigenvalue weighted by Crippen LogP contribution is -2.16. The third-order valence-electron chi connectivity index (χ3n) is 1.52. The van der Waals surface area contributed by atoms with E-state index < -0.39 is 0 Å². The lowest BCUT2D eigenvalue weighted by atomic mass is 10.0. The predicted octanol–water partition coefficient (Wildman–Crippen LogP) is 0.984. The van der Waals surface area contributed by atoms with Crippen LogP contribution >= 0.6 is 0 Å². The summed E-state index contributed by atoms with van der Waals surface area (Å²) < 4.78 is 0. The van der Waals surface area contributed by atoms with Gasteiger partial charge in [0, 0.05) is 12.3 Å². The van der Waals surface area contributed by atoms with E-state index in [1.165, 1.54) is 0 Å². The van der Waals surface area contributed by atoms with Gasteiger partial charge in [-0.1, -0.05) is 13.8 Å². The summed E-state index contributed by atoms with van der Waals surface area (Å²) in [5.41, 5.74) is 0. The van der Waals surface area contributed by atoms with Gasteiger partial charge in [0.05, 0.1) is 6.61 Å². The van der Waals surface area contributed by atoms with Gasteiger partial charge in [0.2, 0.25) is 0 Å². The van der Waals surface area contributed by atoms with Crippen LogP contribution in [0.25, 0.3) is 0 Å². The average Bonchev–Trinajstić information content (AvgIpc) is 1.90. The van der Waals surface area contributed by atoms with Crippen molar-refractivity contribution in [1.82, 2.24) is 0 Å². The fraction of sp³-hybridized carbons (Fsp3) is 0.857. The zero-order valence-electron chi connectivity index (χ0n) is 6.05. The summed E-state index contributed by atoms with van der Waals surface area (Å²) in [5.74, 6) is 0.0509. The lowest BCUT2D eigenvalue weighted by molar-refractivity contribution is -0.123. The van der Waals surface area contributed by atoms with E-state index in [1.807, 2.05) is 13.8 Å². The molecule has 0 amide bonds. The monoisotopic (exact) mass is 130 g/mol. The van der Waals surface area contributed by atoms with Gasteiger partial charge in [-0.25, -0.2) is 0 Å². The molecule has 1 N–H and O–H groups in total. The Morgan fingerprint density at radius 2 is 2.11 bits per heavy atom. The van der Waals surface area contributed by atoms with E-state index in [9.17, 15) is 4.79 Å². The second-order valence-electron chi connectivity index (χ2n) is 2.11. The average molecular weight is 130 g/mol. The van der Waals surface area contributed by atoms with Gasteiger partial charge in [-0.05, 0) is 6.42 Å². The molecule has 1 unspecified atom stereocenters. The van der Waals surface area contributed by atoms with Crippen molar-refractivity contribution >= 4 is 5.78 Å². The smallest absolute Gasteiger partial charge is 0.137 e. The summed E-state index contributed by atoms with van der Waals surface area (Å²) in [6.07, 6.45) is 1.29. The first kappa shape index (κ1) is 8.63. The van der Waals surface area contributed by atoms with Gasteiger partial charge in [0.25, 0.3) is 0 Å². The number of rotatable bonds is 4. The van der Waals surface area contributed by atoms with Crippen LogP contribution in [0.2, 0.25) is 0 Å². The SMILES string of the molecule is CCC(=O)C(CC)CO. The zero-order valence-corrected chi connectivity index (χ0v) is 6.05. The molecule has 0 spiro atoms. The molecule has 0 aliphatic carbocycles. The Hall–Kier alpha value is -0.370. The second kappa shape index (κ2) is 4.50. The minimum Gasteiger partial charge on any atom is -0.396 e. The highest BCUT2D eigenvalue weighted by atomic mass is 16.3. The largest absolute Gasteiger partial charge is 0.396 e. The molecule has 0 aliphatic heterocycles. The van der Waals surface area contributed by atoms with Crippen LogP contribution in [0.4, 0.5) is 0 Å². The minimum atomic E-state index is -0.116. The molecule has 0 aromatic heterocycles. The number of ketones is 1. The van der Waals surface area contributed by atoms with Crippen LogP contribution in [-0.2, 0) is 4.79 Å². The molecule has 0 heterocycles. The van der Waals surface area contributed by atoms with E-state index >= 15 is 0 Å². The highest BCUT2D eigenvalue weighted by Gasteiger charge is 2.11. The molecular formula is C7H14O2. The Bertz CT molecular complexity index is 84.9. The van der Waals surface area contributed by atoms with Gasteiger partial charge >= 0.3 is 0 Å². The van der Waals surface area contributed by atoms with Crippen LogP contribution < -0.4 is 0 Å². The number of hydrogen-bond donors (Lipinski definition) is 1. The van der Waals surface area contributed by atoms with Gasteiger partial charge in [-0.2, -0.15) is 0 Å². The van der Waals surface area contributed by atoms with E-state index in [0.717, 1.165) is 6.42 Å². The van der Waals surface area contributed by atoms with E-state index in [4.69, 9.17) is 5.11 Å². The van der Waals surface area contributed by atoms with Gasteiger partial charge in [0.1, 0.15) is 5.78 Å². The Morgan fingerprint density at radius 1 is 1.56 bits per heavy atom. The lowest BCUT2D eigenvalue weighted by Gasteiger charge is -2.06. The third kappa shape index (κ3) is 2.61. The predicted molar refractivity (Wildman–Crippen MR) is 36.2 cm³/mol. The molecule has 0 aliphatic rings. The number of carbonyl (C=O) groups excluding carboxylic acids is 1. The molecule has 1 atom stereocenters. The molecule has 0 saturated carbocycles. The van der Waals surface area contributed by atoms with Crippen LogP contribution in [0.5, 0.6) is 0 Å². The summed E-state index contributed by atoms with van der Waals surface area (Å²) in [6, 6.07) is 0. The highest BCUT2D eigenvalue weighted by Crippen LogP contribution is 2.04. The third-order valence-corrected chi connectivity index (χ3v) is 1.52. The van der Waals surface area contributed by atoms with Crippen molar-refractivity contribution in [1.29, 1.82) is 0 Å². The maximum absolute atomic E-state index is 10.8. The molecule has 0 radical (unpaired) electrons. The summed E-state index contributed by atoms with van der Waals surface area (Å²) in [4.78, 5) is 10.8. The maximum atomic E-state index is 10.8. The molecule has 54 valence electrons. The zero-order chi connectivity index (χ0) is 7.28. The second-order valence-corrected chi connectivity index (χ2v) is 2.11. The van der Waals surface area contributed by atoms with Crippen LogP contribution in [0, 0.1) is 5.92 Å². The molecule has 0 bridgehead atoms. The van der Waals surface area contributed by atoms with Crippen molar-refractivity contribution < 1.29 is 9.90 Å². The van der Waals surface area contributed by atoms with E-state index in [1.54, 1.807) is 0 Å². The van der Waals surface area contributed by atoms with Crippen molar-refractivity contribution in [3.05, 3.63) is 0 Å². The van der Waals surface area contributed by atoms with Crippen LogP contribution in [0.3, 0.4) is 0 Å². The number of hydrogen-bond acceptors (Lipinski definition) is 2. The Labute approximate surface area is 55.9 Å². The van der Waals surface area contributed by atoms with E-state index in [-0.39, 0.29) is 18.3 Å². The summed E-state index contributed by atoms with van der Waals surface area (Å²) >= 11 is 0. The maximum Gasteiger partial charge on any atom is 0.137 e. The number of Topliss-reactive ketones (excluding diaryl/α,β-unsaturated/α-hetero) is 1. The molecule has 0 saturated heterocycles. The standard InChI is InChI=1S/C7H14O2/c1-3-6(5-8)7(9)4-2/h6,8H,3-5H2,1-2H3. The quantitative estimate of drug-likeness (QED) is 0.616. The van der Waals surface area contributed by atoms with Crippen molar-refractivity contribution in [3.8, 4) is 0 Å². The molecule has 0 rings (SSSR count). The van der Waals surface area contributed by atoms with Gasteiger partial charge in [-0.3, -0.25) is 4.79 Å². The first-order valence-electron chi connectivity index (χ1n) is 3.39. The highest BCUT2D eigenvalue weighted by molar-refractivity contribution is 5.80. The minimum absolute atomic E-state index is 0.00315. The van der Waals surface area contributed by atoms with Crippen molar-refractivity contribution in [2.75, 3.05) is 6.61 Å². The van der Waals surface area contributed by atoms with Crippen LogP contribution in [-0.4, -0.2) is 17.5 Å². The molecular weight excluding hydrogens is 116 g/mol. The molecule has 0 fully saturated rings. The van der Waals surface area contributed by atoms with E-state index in [0.29, 0.717) is 6.42 Å². The molecule has 2 heteroatoms. The fourth-order valence-electron chi connectivity index (χ4n) is 0.747. The van der Waals surface area contributed by atoms with Crippen molar-refractivity contribution in [2.24, 2.45) is 5.92 Å². The Balaban J connectivity index is 3.64. The summed E-state index contributed by atoms with van der Waals surface area (Å²) in [6.45, 7) is 3.73. The van der Waals surface area contributed by atoms with Crippen LogP contribution in [0.1, 0.15) is 26.7 Å². The number of carbonyl (C=O) groups is 1. The van der Waals surface area contributed by atoms with Gasteiger partial charge in [0.15, 0.2) is 0 Å². The molecule has 0 aromatic rings. The van der Waals surface area contributed by atoms with Gasteiger partial charge in [-0.15, -0.1) is 0 Å². The van der Waals surface area contributed by atoms with Crippen molar-refractivity contribution in [2.45, 2.75) is 26.7 Å². The Morgan fingerprint density at radius 3 is 2.22 bits per heavy atom. The first-order chi connectivity index (χ1) is 4.26. The number of aliphatic hydroxyl groups is 1. The first-order valence-corrected chi connectivity index (χ1v) is 3.39.